The zero-order valence-electron chi connectivity index (χ0n) is 10.4. The third-order valence-electron chi connectivity index (χ3n) is 2.72. The minimum atomic E-state index is -0.634. The number of nitrogens with two attached hydrogens (primary N) is 1. The number of carbonyl (C=O) groups excluding carboxylic acids is 1. The molecule has 1 heterocycles. The molecule has 1 atom stereocenters. The van der Waals surface area contributed by atoms with Crippen molar-refractivity contribution in [3.8, 4) is 0 Å². The lowest BCUT2D eigenvalue weighted by molar-refractivity contribution is 0.0935. The molecule has 98 valence electrons. The number of pyridine rings is 1. The van der Waals surface area contributed by atoms with Crippen molar-refractivity contribution < 1.29 is 9.18 Å². The Morgan fingerprint density at radius 1 is 1.37 bits per heavy atom. The first kappa shape index (κ1) is 13.0. The van der Waals surface area contributed by atoms with E-state index < -0.39 is 11.7 Å². The molecule has 0 aliphatic heterocycles. The van der Waals surface area contributed by atoms with Crippen LogP contribution < -0.4 is 11.1 Å². The Bertz CT molecular complexity index is 586. The smallest absolute Gasteiger partial charge is 0.254 e. The maximum absolute atomic E-state index is 13.6. The summed E-state index contributed by atoms with van der Waals surface area (Å²) >= 11 is 0. The summed E-state index contributed by atoms with van der Waals surface area (Å²) in [5.74, 6) is -1.12. The second-order valence-corrected chi connectivity index (χ2v) is 4.19. The molecule has 0 aliphatic carbocycles. The number of rotatable bonds is 3. The summed E-state index contributed by atoms with van der Waals surface area (Å²) in [6, 6.07) is 9.09. The van der Waals surface area contributed by atoms with Crippen molar-refractivity contribution in [3.05, 3.63) is 59.7 Å². The zero-order chi connectivity index (χ0) is 13.8. The quantitative estimate of drug-likeness (QED) is 0.831. The van der Waals surface area contributed by atoms with Gasteiger partial charge in [-0.05, 0) is 37.3 Å². The van der Waals surface area contributed by atoms with Crippen molar-refractivity contribution in [3.63, 3.8) is 0 Å². The highest BCUT2D eigenvalue weighted by atomic mass is 19.1. The van der Waals surface area contributed by atoms with Crippen molar-refractivity contribution in [2.45, 2.75) is 13.0 Å². The number of benzene rings is 1. The normalized spacial score (nSPS) is 11.9. The van der Waals surface area contributed by atoms with E-state index in [9.17, 15) is 9.18 Å². The van der Waals surface area contributed by atoms with Gasteiger partial charge in [0.1, 0.15) is 5.82 Å². The number of anilines is 1. The first-order chi connectivity index (χ1) is 9.08. The Morgan fingerprint density at radius 3 is 2.79 bits per heavy atom. The number of aromatic nitrogens is 1. The van der Waals surface area contributed by atoms with Gasteiger partial charge in [0, 0.05) is 11.9 Å². The number of nitrogens with one attached hydrogen (secondary N) is 1. The van der Waals surface area contributed by atoms with Crippen LogP contribution in [-0.2, 0) is 0 Å². The Balaban J connectivity index is 2.13. The summed E-state index contributed by atoms with van der Waals surface area (Å²) in [6.07, 6.45) is 1.64. The molecule has 19 heavy (non-hydrogen) atoms. The van der Waals surface area contributed by atoms with Crippen molar-refractivity contribution in [1.29, 1.82) is 0 Å². The van der Waals surface area contributed by atoms with Crippen molar-refractivity contribution in [1.82, 2.24) is 10.3 Å². The first-order valence-electron chi connectivity index (χ1n) is 5.84. The Morgan fingerprint density at radius 2 is 2.16 bits per heavy atom. The summed E-state index contributed by atoms with van der Waals surface area (Å²) < 4.78 is 13.6. The van der Waals surface area contributed by atoms with E-state index in [1.54, 1.807) is 25.3 Å². The van der Waals surface area contributed by atoms with E-state index in [1.165, 1.54) is 12.1 Å². The minimum Gasteiger partial charge on any atom is -0.399 e. The highest BCUT2D eigenvalue weighted by molar-refractivity contribution is 5.95. The third-order valence-corrected chi connectivity index (χ3v) is 2.72. The minimum absolute atomic E-state index is 0.0306. The van der Waals surface area contributed by atoms with Gasteiger partial charge in [0.2, 0.25) is 0 Å². The van der Waals surface area contributed by atoms with Gasteiger partial charge in [0.05, 0.1) is 17.3 Å². The van der Waals surface area contributed by atoms with Crippen LogP contribution in [0.25, 0.3) is 0 Å². The highest BCUT2D eigenvalue weighted by Gasteiger charge is 2.15. The zero-order valence-corrected chi connectivity index (χ0v) is 10.4. The first-order valence-corrected chi connectivity index (χ1v) is 5.84. The molecule has 2 rings (SSSR count). The molecule has 2 aromatic rings. The molecule has 0 fully saturated rings. The van der Waals surface area contributed by atoms with Crippen LogP contribution in [0.3, 0.4) is 0 Å². The molecule has 0 saturated heterocycles. The number of carbonyl (C=O) groups is 1. The monoisotopic (exact) mass is 259 g/mol. The SMILES string of the molecule is CC(NC(=O)c1ccc(N)cc1F)c1ccccn1. The fraction of sp³-hybridized carbons (Fsp3) is 0.143. The van der Waals surface area contributed by atoms with E-state index in [-0.39, 0.29) is 17.3 Å². The molecule has 0 spiro atoms. The molecular weight excluding hydrogens is 245 g/mol. The molecule has 0 bridgehead atoms. The Kier molecular flexibility index (Phi) is 3.75. The number of amides is 1. The number of nitrogens with zero attached hydrogens (tertiary/aromatic N) is 1. The van der Waals surface area contributed by atoms with Crippen molar-refractivity contribution in [2.75, 3.05) is 5.73 Å². The average molecular weight is 259 g/mol. The molecular formula is C14H14FN3O. The summed E-state index contributed by atoms with van der Waals surface area (Å²) in [7, 11) is 0. The van der Waals surface area contributed by atoms with Gasteiger partial charge in [-0.2, -0.15) is 0 Å². The fourth-order valence-corrected chi connectivity index (χ4v) is 1.70. The highest BCUT2D eigenvalue weighted by Crippen LogP contribution is 2.14. The summed E-state index contributed by atoms with van der Waals surface area (Å²) in [4.78, 5) is 16.1. The summed E-state index contributed by atoms with van der Waals surface area (Å²) in [5, 5.41) is 2.69. The molecule has 5 heteroatoms. The average Bonchev–Trinajstić information content (AvgIpc) is 2.39. The van der Waals surface area contributed by atoms with Crippen molar-refractivity contribution in [2.24, 2.45) is 0 Å². The number of halogens is 1. The van der Waals surface area contributed by atoms with E-state index in [4.69, 9.17) is 5.73 Å². The largest absolute Gasteiger partial charge is 0.399 e. The van der Waals surface area contributed by atoms with Crippen LogP contribution in [0.15, 0.2) is 42.6 Å². The fourth-order valence-electron chi connectivity index (χ4n) is 1.70. The Labute approximate surface area is 110 Å². The molecule has 3 N–H and O–H groups in total. The Hall–Kier alpha value is -2.43. The van der Waals surface area contributed by atoms with Crippen LogP contribution >= 0.6 is 0 Å². The molecule has 1 amide bonds. The molecule has 1 aromatic carbocycles. The predicted octanol–water partition coefficient (Wildman–Crippen LogP) is 2.29. The van der Waals surface area contributed by atoms with Gasteiger partial charge in [-0.15, -0.1) is 0 Å². The van der Waals surface area contributed by atoms with Gasteiger partial charge in [-0.1, -0.05) is 6.07 Å². The third kappa shape index (κ3) is 3.07. The maximum Gasteiger partial charge on any atom is 0.254 e. The molecule has 1 aromatic heterocycles. The van der Waals surface area contributed by atoms with Crippen LogP contribution in [0.2, 0.25) is 0 Å². The number of hydrogen-bond donors (Lipinski definition) is 2. The lowest BCUT2D eigenvalue weighted by Gasteiger charge is -2.13. The summed E-state index contributed by atoms with van der Waals surface area (Å²) in [6.45, 7) is 1.79. The molecule has 1 unspecified atom stereocenters. The standard InChI is InChI=1S/C14H14FN3O/c1-9(13-4-2-3-7-17-13)18-14(19)11-6-5-10(16)8-12(11)15/h2-9H,16H2,1H3,(H,18,19). The van der Waals surface area contributed by atoms with Gasteiger partial charge in [0.25, 0.3) is 5.91 Å². The summed E-state index contributed by atoms with van der Waals surface area (Å²) in [5.41, 5.74) is 6.41. The molecule has 0 saturated carbocycles. The topological polar surface area (TPSA) is 68.0 Å². The van der Waals surface area contributed by atoms with Crippen LogP contribution in [0.5, 0.6) is 0 Å². The van der Waals surface area contributed by atoms with E-state index >= 15 is 0 Å². The lowest BCUT2D eigenvalue weighted by Crippen LogP contribution is -2.28. The molecule has 0 radical (unpaired) electrons. The molecule has 4 nitrogen and oxygen atoms in total. The van der Waals surface area contributed by atoms with Gasteiger partial charge >= 0.3 is 0 Å². The van der Waals surface area contributed by atoms with E-state index in [2.05, 4.69) is 10.3 Å². The van der Waals surface area contributed by atoms with Crippen LogP contribution in [-0.4, -0.2) is 10.9 Å². The van der Waals surface area contributed by atoms with Crippen LogP contribution in [0.1, 0.15) is 29.0 Å². The van der Waals surface area contributed by atoms with Gasteiger partial charge < -0.3 is 11.1 Å². The number of nitrogen functional groups attached to an aromatic ring is 1. The number of hydrogen-bond acceptors (Lipinski definition) is 3. The van der Waals surface area contributed by atoms with Crippen molar-refractivity contribution >= 4 is 11.6 Å². The van der Waals surface area contributed by atoms with Crippen LogP contribution in [0.4, 0.5) is 10.1 Å². The van der Waals surface area contributed by atoms with E-state index in [0.29, 0.717) is 5.69 Å². The predicted molar refractivity (Wildman–Crippen MR) is 70.9 cm³/mol. The lowest BCUT2D eigenvalue weighted by atomic mass is 10.1. The second-order valence-electron chi connectivity index (χ2n) is 4.19. The second kappa shape index (κ2) is 5.48. The van der Waals surface area contributed by atoms with E-state index in [1.807, 2.05) is 6.07 Å². The van der Waals surface area contributed by atoms with Crippen LogP contribution in [0, 0.1) is 5.82 Å². The maximum atomic E-state index is 13.6. The molecule has 0 aliphatic rings. The van der Waals surface area contributed by atoms with Gasteiger partial charge in [0.15, 0.2) is 0 Å². The van der Waals surface area contributed by atoms with Gasteiger partial charge in [-0.3, -0.25) is 9.78 Å². The van der Waals surface area contributed by atoms with E-state index in [0.717, 1.165) is 6.07 Å². The van der Waals surface area contributed by atoms with Gasteiger partial charge in [-0.25, -0.2) is 4.39 Å².